The maximum atomic E-state index is 10.5. The van der Waals surface area contributed by atoms with Crippen LogP contribution in [0.25, 0.3) is 0 Å². The van der Waals surface area contributed by atoms with Crippen LogP contribution in [0.3, 0.4) is 0 Å². The molecular formula is C14H29N3O2. The summed E-state index contributed by atoms with van der Waals surface area (Å²) in [4.78, 5) is 0. The molecule has 0 unspecified atom stereocenters. The van der Waals surface area contributed by atoms with Gasteiger partial charge in [-0.3, -0.25) is 0 Å². The molecule has 0 radical (unpaired) electrons. The quantitative estimate of drug-likeness (QED) is 0.187. The molecule has 1 aliphatic rings. The molecule has 0 aliphatic heterocycles. The highest BCUT2D eigenvalue weighted by atomic mass is 16.4. The van der Waals surface area contributed by atoms with Crippen LogP contribution in [-0.4, -0.2) is 34.8 Å². The summed E-state index contributed by atoms with van der Waals surface area (Å²) in [6.45, 7) is 6.08. The molecule has 0 saturated heterocycles. The van der Waals surface area contributed by atoms with Gasteiger partial charge in [-0.1, -0.05) is 19.0 Å². The summed E-state index contributed by atoms with van der Waals surface area (Å²) in [5, 5.41) is 25.1. The van der Waals surface area contributed by atoms with Gasteiger partial charge >= 0.3 is 0 Å². The van der Waals surface area contributed by atoms with Crippen LogP contribution in [0.4, 0.5) is 0 Å². The van der Waals surface area contributed by atoms with Gasteiger partial charge in [0.15, 0.2) is 0 Å². The Morgan fingerprint density at radius 2 is 1.84 bits per heavy atom. The van der Waals surface area contributed by atoms with Gasteiger partial charge in [0.25, 0.3) is 0 Å². The van der Waals surface area contributed by atoms with E-state index in [1.807, 2.05) is 0 Å². The largest absolute Gasteiger partial charge is 0.409 e. The predicted octanol–water partition coefficient (Wildman–Crippen LogP) is 1.82. The molecule has 112 valence electrons. The second-order valence-electron chi connectivity index (χ2n) is 6.61. The summed E-state index contributed by atoms with van der Waals surface area (Å²) >= 11 is 0. The van der Waals surface area contributed by atoms with Gasteiger partial charge in [0.05, 0.1) is 5.60 Å². The maximum absolute atomic E-state index is 10.5. The molecular weight excluding hydrogens is 242 g/mol. The van der Waals surface area contributed by atoms with Crippen LogP contribution in [0, 0.1) is 5.41 Å². The summed E-state index contributed by atoms with van der Waals surface area (Å²) in [6.07, 6.45) is 6.44. The number of nitrogens with two attached hydrogens (primary N) is 1. The van der Waals surface area contributed by atoms with E-state index in [0.29, 0.717) is 18.4 Å². The number of amidine groups is 1. The smallest absolute Gasteiger partial charge is 0.139 e. The zero-order valence-corrected chi connectivity index (χ0v) is 12.3. The minimum Gasteiger partial charge on any atom is -0.409 e. The van der Waals surface area contributed by atoms with Gasteiger partial charge in [0.1, 0.15) is 5.84 Å². The van der Waals surface area contributed by atoms with Crippen molar-refractivity contribution in [3.8, 4) is 0 Å². The molecule has 5 nitrogen and oxygen atoms in total. The molecule has 5 heteroatoms. The molecule has 5 N–H and O–H groups in total. The number of oxime groups is 1. The minimum atomic E-state index is -0.527. The molecule has 0 heterocycles. The fourth-order valence-corrected chi connectivity index (χ4v) is 2.50. The van der Waals surface area contributed by atoms with Gasteiger partial charge < -0.3 is 21.4 Å². The Morgan fingerprint density at radius 1 is 1.21 bits per heavy atom. The fourth-order valence-electron chi connectivity index (χ4n) is 2.50. The van der Waals surface area contributed by atoms with Crippen LogP contribution in [-0.2, 0) is 0 Å². The van der Waals surface area contributed by atoms with Gasteiger partial charge in [-0.15, -0.1) is 0 Å². The molecule has 0 spiro atoms. The molecule has 0 aromatic rings. The Balaban J connectivity index is 2.09. The number of unbranched alkanes of at least 4 members (excludes halogenated alkanes) is 1. The van der Waals surface area contributed by atoms with E-state index in [4.69, 9.17) is 10.9 Å². The molecule has 19 heavy (non-hydrogen) atoms. The van der Waals surface area contributed by atoms with Gasteiger partial charge in [0, 0.05) is 13.0 Å². The topological polar surface area (TPSA) is 90.9 Å². The zero-order valence-electron chi connectivity index (χ0n) is 12.3. The van der Waals surface area contributed by atoms with E-state index >= 15 is 0 Å². The lowest BCUT2D eigenvalue weighted by Gasteiger charge is -2.40. The van der Waals surface area contributed by atoms with Crippen LogP contribution in [0.15, 0.2) is 5.16 Å². The van der Waals surface area contributed by atoms with Crippen molar-refractivity contribution in [2.45, 2.75) is 64.4 Å². The van der Waals surface area contributed by atoms with Crippen LogP contribution in [0.5, 0.6) is 0 Å². The Hall–Kier alpha value is -0.810. The predicted molar refractivity (Wildman–Crippen MR) is 77.3 cm³/mol. The van der Waals surface area contributed by atoms with Crippen molar-refractivity contribution in [2.75, 3.05) is 13.1 Å². The summed E-state index contributed by atoms with van der Waals surface area (Å²) in [7, 11) is 0. The summed E-state index contributed by atoms with van der Waals surface area (Å²) < 4.78 is 0. The molecule has 1 saturated carbocycles. The second kappa shape index (κ2) is 7.10. The SMILES string of the molecule is CC1(C)CCC(O)(CNCCCCC(N)=NO)CC1. The van der Waals surface area contributed by atoms with E-state index in [9.17, 15) is 5.11 Å². The molecule has 0 amide bonds. The lowest BCUT2D eigenvalue weighted by atomic mass is 9.71. The Labute approximate surface area is 116 Å². The van der Waals surface area contributed by atoms with Crippen molar-refractivity contribution >= 4 is 5.84 Å². The maximum Gasteiger partial charge on any atom is 0.139 e. The lowest BCUT2D eigenvalue weighted by Crippen LogP contribution is -2.45. The molecule has 0 bridgehead atoms. The third kappa shape index (κ3) is 6.25. The van der Waals surface area contributed by atoms with Gasteiger partial charge in [0.2, 0.25) is 0 Å². The fraction of sp³-hybridized carbons (Fsp3) is 0.929. The molecule has 0 aromatic heterocycles. The average molecular weight is 271 g/mol. The summed E-state index contributed by atoms with van der Waals surface area (Å²) in [5.74, 6) is 0.285. The summed E-state index contributed by atoms with van der Waals surface area (Å²) in [5.41, 5.74) is 5.25. The van der Waals surface area contributed by atoms with Gasteiger partial charge in [-0.2, -0.15) is 0 Å². The van der Waals surface area contributed by atoms with E-state index in [0.717, 1.165) is 45.1 Å². The minimum absolute atomic E-state index is 0.285. The Kier molecular flexibility index (Phi) is 6.07. The average Bonchev–Trinajstić information content (AvgIpc) is 2.37. The van der Waals surface area contributed by atoms with Crippen LogP contribution in [0.1, 0.15) is 58.8 Å². The van der Waals surface area contributed by atoms with Crippen molar-refractivity contribution < 1.29 is 10.3 Å². The van der Waals surface area contributed by atoms with Crippen molar-refractivity contribution in [3.63, 3.8) is 0 Å². The molecule has 0 atom stereocenters. The highest BCUT2D eigenvalue weighted by Crippen LogP contribution is 2.39. The first-order chi connectivity index (χ1) is 8.87. The third-order valence-corrected chi connectivity index (χ3v) is 4.15. The van der Waals surface area contributed by atoms with E-state index in [1.54, 1.807) is 0 Å². The highest BCUT2D eigenvalue weighted by molar-refractivity contribution is 5.79. The third-order valence-electron chi connectivity index (χ3n) is 4.15. The molecule has 1 fully saturated rings. The van der Waals surface area contributed by atoms with E-state index in [1.165, 1.54) is 0 Å². The van der Waals surface area contributed by atoms with E-state index in [-0.39, 0.29) is 5.84 Å². The zero-order chi connectivity index (χ0) is 14.4. The van der Waals surface area contributed by atoms with E-state index < -0.39 is 5.60 Å². The monoisotopic (exact) mass is 271 g/mol. The molecule has 1 rings (SSSR count). The Morgan fingerprint density at radius 3 is 2.42 bits per heavy atom. The molecule has 1 aliphatic carbocycles. The van der Waals surface area contributed by atoms with Gasteiger partial charge in [-0.05, 0) is 50.5 Å². The van der Waals surface area contributed by atoms with Crippen LogP contribution < -0.4 is 11.1 Å². The van der Waals surface area contributed by atoms with Crippen molar-refractivity contribution in [1.82, 2.24) is 5.32 Å². The van der Waals surface area contributed by atoms with Crippen LogP contribution >= 0.6 is 0 Å². The normalized spacial score (nSPS) is 22.4. The lowest BCUT2D eigenvalue weighted by molar-refractivity contribution is -0.0241. The number of nitrogens with one attached hydrogen (secondary N) is 1. The first-order valence-corrected chi connectivity index (χ1v) is 7.26. The van der Waals surface area contributed by atoms with E-state index in [2.05, 4.69) is 24.3 Å². The van der Waals surface area contributed by atoms with Crippen molar-refractivity contribution in [1.29, 1.82) is 0 Å². The number of nitrogens with zero attached hydrogens (tertiary/aromatic N) is 1. The number of hydrogen-bond donors (Lipinski definition) is 4. The van der Waals surface area contributed by atoms with Gasteiger partial charge in [-0.25, -0.2) is 0 Å². The van der Waals surface area contributed by atoms with Crippen molar-refractivity contribution in [2.24, 2.45) is 16.3 Å². The first-order valence-electron chi connectivity index (χ1n) is 7.26. The standard InChI is InChI=1S/C14H29N3O2/c1-13(2)6-8-14(18,9-7-13)11-16-10-4-3-5-12(15)17-19/h16,18-19H,3-11H2,1-2H3,(H2,15,17). The summed E-state index contributed by atoms with van der Waals surface area (Å²) in [6, 6.07) is 0. The number of aliphatic hydroxyl groups is 1. The van der Waals surface area contributed by atoms with Crippen LogP contribution in [0.2, 0.25) is 0 Å². The first kappa shape index (κ1) is 16.2. The number of rotatable bonds is 7. The molecule has 0 aromatic carbocycles. The van der Waals surface area contributed by atoms with Crippen molar-refractivity contribution in [3.05, 3.63) is 0 Å². The highest BCUT2D eigenvalue weighted by Gasteiger charge is 2.36. The Bertz CT molecular complexity index is 293. The number of hydrogen-bond acceptors (Lipinski definition) is 4. The second-order valence-corrected chi connectivity index (χ2v) is 6.61.